The van der Waals surface area contributed by atoms with Crippen molar-refractivity contribution in [2.75, 3.05) is 0 Å². The number of ketones is 1. The second-order valence-corrected chi connectivity index (χ2v) is 5.62. The van der Waals surface area contributed by atoms with Gasteiger partial charge in [-0.1, -0.05) is 48.5 Å². The van der Waals surface area contributed by atoms with Crippen LogP contribution >= 0.6 is 0 Å². The number of hydrogen-bond donors (Lipinski definition) is 0. The van der Waals surface area contributed by atoms with Gasteiger partial charge in [-0.3, -0.25) is 4.79 Å². The Hall–Kier alpha value is -2.61. The topological polar surface area (TPSA) is 30.2 Å². The summed E-state index contributed by atoms with van der Waals surface area (Å²) in [5.41, 5.74) is 1.68. The average molecular weight is 272 g/mol. The standard InChI is InChI=1S/C19H12O2/c20-15-9-10-16-18(15)17-13-7-3-1-5-11(13)12-6-2-4-8-14(12)19(17)21-16/h1-8H,9-10H2. The van der Waals surface area contributed by atoms with E-state index >= 15 is 0 Å². The van der Waals surface area contributed by atoms with Crippen molar-refractivity contribution < 1.29 is 9.21 Å². The first kappa shape index (κ1) is 11.1. The van der Waals surface area contributed by atoms with Gasteiger partial charge in [0.25, 0.3) is 0 Å². The van der Waals surface area contributed by atoms with Crippen molar-refractivity contribution in [3.63, 3.8) is 0 Å². The fraction of sp³-hybridized carbons (Fsp3) is 0.105. The third kappa shape index (κ3) is 1.30. The smallest absolute Gasteiger partial charge is 0.167 e. The van der Waals surface area contributed by atoms with Gasteiger partial charge in [0.15, 0.2) is 5.78 Å². The number of fused-ring (bicyclic) bond motifs is 8. The van der Waals surface area contributed by atoms with Gasteiger partial charge in [0.05, 0.1) is 5.56 Å². The molecule has 0 saturated carbocycles. The zero-order valence-corrected chi connectivity index (χ0v) is 11.3. The van der Waals surface area contributed by atoms with Gasteiger partial charge in [-0.2, -0.15) is 0 Å². The summed E-state index contributed by atoms with van der Waals surface area (Å²) >= 11 is 0. The van der Waals surface area contributed by atoms with E-state index in [-0.39, 0.29) is 5.78 Å². The highest BCUT2D eigenvalue weighted by atomic mass is 16.3. The molecule has 3 aromatic carbocycles. The summed E-state index contributed by atoms with van der Waals surface area (Å²) in [6, 6.07) is 16.5. The highest BCUT2D eigenvalue weighted by Crippen LogP contribution is 2.42. The summed E-state index contributed by atoms with van der Waals surface area (Å²) in [6.07, 6.45) is 1.30. The Kier molecular flexibility index (Phi) is 1.97. The molecular weight excluding hydrogens is 260 g/mol. The number of rotatable bonds is 0. The maximum absolute atomic E-state index is 12.3. The molecular formula is C19H12O2. The van der Waals surface area contributed by atoms with Gasteiger partial charge in [-0.05, 0) is 16.2 Å². The van der Waals surface area contributed by atoms with E-state index in [2.05, 4.69) is 24.3 Å². The SMILES string of the molecule is O=C1CCc2oc3c4ccccc4c4ccccc4c3c21. The van der Waals surface area contributed by atoms with Crippen LogP contribution in [-0.4, -0.2) is 5.78 Å². The lowest BCUT2D eigenvalue weighted by Gasteiger charge is -2.06. The van der Waals surface area contributed by atoms with Crippen molar-refractivity contribution in [1.82, 2.24) is 0 Å². The van der Waals surface area contributed by atoms with Gasteiger partial charge >= 0.3 is 0 Å². The van der Waals surface area contributed by atoms with E-state index in [1.54, 1.807) is 0 Å². The second kappa shape index (κ2) is 3.73. The molecule has 100 valence electrons. The number of benzene rings is 3. The first-order chi connectivity index (χ1) is 10.3. The highest BCUT2D eigenvalue weighted by Gasteiger charge is 2.29. The lowest BCUT2D eigenvalue weighted by atomic mass is 9.96. The molecule has 1 aliphatic carbocycles. The molecule has 0 unspecified atom stereocenters. The van der Waals surface area contributed by atoms with E-state index < -0.39 is 0 Å². The molecule has 0 radical (unpaired) electrons. The molecule has 21 heavy (non-hydrogen) atoms. The van der Waals surface area contributed by atoms with E-state index in [4.69, 9.17) is 4.42 Å². The Bertz CT molecular complexity index is 1050. The van der Waals surface area contributed by atoms with E-state index in [1.807, 2.05) is 24.3 Å². The van der Waals surface area contributed by atoms with Crippen molar-refractivity contribution in [2.24, 2.45) is 0 Å². The van der Waals surface area contributed by atoms with E-state index in [1.165, 1.54) is 10.8 Å². The molecule has 1 heterocycles. The molecule has 0 saturated heterocycles. The van der Waals surface area contributed by atoms with Gasteiger partial charge in [-0.25, -0.2) is 0 Å². The van der Waals surface area contributed by atoms with Gasteiger partial charge < -0.3 is 4.42 Å². The largest absolute Gasteiger partial charge is 0.460 e. The molecule has 0 aliphatic heterocycles. The number of carbonyl (C=O) groups excluding carboxylic acids is 1. The number of furan rings is 1. The number of hydrogen-bond acceptors (Lipinski definition) is 2. The minimum atomic E-state index is 0.212. The van der Waals surface area contributed by atoms with Crippen LogP contribution in [0.3, 0.4) is 0 Å². The maximum Gasteiger partial charge on any atom is 0.167 e. The zero-order valence-electron chi connectivity index (χ0n) is 11.3. The van der Waals surface area contributed by atoms with Crippen molar-refractivity contribution in [1.29, 1.82) is 0 Å². The predicted molar refractivity (Wildman–Crippen MR) is 83.9 cm³/mol. The van der Waals surface area contributed by atoms with Crippen LogP contribution in [0, 0.1) is 0 Å². The fourth-order valence-electron chi connectivity index (χ4n) is 3.60. The molecule has 4 aromatic rings. The molecule has 0 amide bonds. The van der Waals surface area contributed by atoms with Gasteiger partial charge in [0, 0.05) is 23.6 Å². The van der Waals surface area contributed by atoms with Crippen LogP contribution in [0.1, 0.15) is 22.5 Å². The van der Waals surface area contributed by atoms with Crippen LogP contribution in [0.15, 0.2) is 52.9 Å². The average Bonchev–Trinajstić information content (AvgIpc) is 3.08. The van der Waals surface area contributed by atoms with E-state index in [0.717, 1.165) is 39.5 Å². The minimum Gasteiger partial charge on any atom is -0.460 e. The van der Waals surface area contributed by atoms with Gasteiger partial charge in [0.1, 0.15) is 11.3 Å². The minimum absolute atomic E-state index is 0.212. The number of Topliss-reactive ketones (excluding diaryl/α,β-unsaturated/α-hetero) is 1. The molecule has 5 rings (SSSR count). The van der Waals surface area contributed by atoms with Crippen LogP contribution in [0.25, 0.3) is 32.5 Å². The maximum atomic E-state index is 12.3. The quantitative estimate of drug-likeness (QED) is 0.427. The van der Waals surface area contributed by atoms with Crippen molar-refractivity contribution in [3.05, 3.63) is 59.9 Å². The Morgan fingerprint density at radius 1 is 0.762 bits per heavy atom. The van der Waals surface area contributed by atoms with E-state index in [0.29, 0.717) is 6.42 Å². The first-order valence-corrected chi connectivity index (χ1v) is 7.22. The third-order valence-electron chi connectivity index (χ3n) is 4.50. The molecule has 0 atom stereocenters. The zero-order chi connectivity index (χ0) is 14.0. The molecule has 0 N–H and O–H groups in total. The second-order valence-electron chi connectivity index (χ2n) is 5.62. The van der Waals surface area contributed by atoms with Gasteiger partial charge in [-0.15, -0.1) is 0 Å². The highest BCUT2D eigenvalue weighted by molar-refractivity contribution is 6.29. The third-order valence-corrected chi connectivity index (χ3v) is 4.50. The molecule has 0 spiro atoms. The lowest BCUT2D eigenvalue weighted by Crippen LogP contribution is -1.91. The summed E-state index contributed by atoms with van der Waals surface area (Å²) < 4.78 is 6.08. The van der Waals surface area contributed by atoms with Crippen molar-refractivity contribution >= 4 is 38.3 Å². The molecule has 1 aromatic heterocycles. The fourth-order valence-corrected chi connectivity index (χ4v) is 3.60. The summed E-state index contributed by atoms with van der Waals surface area (Å²) in [5.74, 6) is 1.07. The molecule has 0 fully saturated rings. The Labute approximate surface area is 121 Å². The monoisotopic (exact) mass is 272 g/mol. The Morgan fingerprint density at radius 3 is 2.14 bits per heavy atom. The lowest BCUT2D eigenvalue weighted by molar-refractivity contribution is 0.0996. The molecule has 0 bridgehead atoms. The van der Waals surface area contributed by atoms with Gasteiger partial charge in [0.2, 0.25) is 0 Å². The Balaban J connectivity index is 2.18. The summed E-state index contributed by atoms with van der Waals surface area (Å²) in [7, 11) is 0. The summed E-state index contributed by atoms with van der Waals surface area (Å²) in [5, 5.41) is 5.58. The van der Waals surface area contributed by atoms with Crippen molar-refractivity contribution in [2.45, 2.75) is 12.8 Å². The molecule has 2 heteroatoms. The molecule has 2 nitrogen and oxygen atoms in total. The van der Waals surface area contributed by atoms with Crippen LogP contribution in [-0.2, 0) is 6.42 Å². The van der Waals surface area contributed by atoms with Crippen molar-refractivity contribution in [3.8, 4) is 0 Å². The summed E-state index contributed by atoms with van der Waals surface area (Å²) in [4.78, 5) is 12.3. The normalized spacial score (nSPS) is 14.4. The predicted octanol–water partition coefficient (Wildman–Crippen LogP) is 4.87. The number of carbonyl (C=O) groups is 1. The Morgan fingerprint density at radius 2 is 1.38 bits per heavy atom. The summed E-state index contributed by atoms with van der Waals surface area (Å²) in [6.45, 7) is 0. The number of aryl methyl sites for hydroxylation is 1. The van der Waals surface area contributed by atoms with Crippen LogP contribution in [0.4, 0.5) is 0 Å². The van der Waals surface area contributed by atoms with Crippen LogP contribution in [0.5, 0.6) is 0 Å². The first-order valence-electron chi connectivity index (χ1n) is 7.22. The molecule has 1 aliphatic rings. The van der Waals surface area contributed by atoms with Crippen LogP contribution < -0.4 is 0 Å². The van der Waals surface area contributed by atoms with Crippen LogP contribution in [0.2, 0.25) is 0 Å². The van der Waals surface area contributed by atoms with E-state index in [9.17, 15) is 4.79 Å².